The van der Waals surface area contributed by atoms with Gasteiger partial charge in [0.1, 0.15) is 0 Å². The molecule has 0 aliphatic heterocycles. The average molecular weight is 253 g/mol. The Balaban J connectivity index is 2.83. The average Bonchev–Trinajstić information content (AvgIpc) is 2.27. The highest BCUT2D eigenvalue weighted by Gasteiger charge is 2.09. The van der Waals surface area contributed by atoms with Crippen molar-refractivity contribution < 1.29 is 10.0 Å². The molecule has 0 saturated carbocycles. The summed E-state index contributed by atoms with van der Waals surface area (Å²) < 4.78 is 0. The van der Waals surface area contributed by atoms with Gasteiger partial charge in [-0.25, -0.2) is 5.48 Å². The van der Waals surface area contributed by atoms with Gasteiger partial charge in [0.25, 0.3) is 0 Å². The van der Waals surface area contributed by atoms with Gasteiger partial charge < -0.3 is 0 Å². The van der Waals surface area contributed by atoms with Crippen molar-refractivity contribution in [1.29, 1.82) is 0 Å². The number of hydrogen-bond donors (Lipinski definition) is 2. The molecule has 0 aromatic heterocycles. The second kappa shape index (κ2) is 6.67. The Labute approximate surface area is 107 Å². The smallest absolute Gasteiger partial charge is 0.247 e. The Bertz CT molecular complexity index is 391. The summed E-state index contributed by atoms with van der Waals surface area (Å²) in [5.41, 5.74) is 3.78. The lowest BCUT2D eigenvalue weighted by Gasteiger charge is -2.11. The molecule has 3 nitrogen and oxygen atoms in total. The molecular formula is C13H19NO2S. The fraction of sp³-hybridized carbons (Fsp3) is 0.462. The van der Waals surface area contributed by atoms with Crippen molar-refractivity contribution in [2.24, 2.45) is 5.92 Å². The fourth-order valence-electron chi connectivity index (χ4n) is 1.46. The minimum absolute atomic E-state index is 0.221. The zero-order chi connectivity index (χ0) is 12.8. The summed E-state index contributed by atoms with van der Waals surface area (Å²) in [5, 5.41) is 8.57. The molecule has 0 bridgehead atoms. The number of aryl methyl sites for hydroxylation is 1. The lowest BCUT2D eigenvalue weighted by molar-refractivity contribution is -0.128. The predicted molar refractivity (Wildman–Crippen MR) is 70.4 cm³/mol. The molecule has 1 rings (SSSR count). The number of amides is 1. The number of hydrogen-bond acceptors (Lipinski definition) is 3. The van der Waals surface area contributed by atoms with E-state index >= 15 is 0 Å². The first-order valence-corrected chi connectivity index (χ1v) is 6.66. The molecule has 0 unspecified atom stereocenters. The number of hydroxylamine groups is 1. The van der Waals surface area contributed by atoms with Gasteiger partial charge in [-0.3, -0.25) is 10.0 Å². The first-order valence-electron chi connectivity index (χ1n) is 5.68. The standard InChI is InChI=1S/C13H19NO2S/c1-9(2)8-17-12-5-4-10(3)6-11(12)7-13(15)14-16/h4-6,9,16H,7-8H2,1-3H3,(H,14,15). The zero-order valence-corrected chi connectivity index (χ0v) is 11.3. The van der Waals surface area contributed by atoms with Gasteiger partial charge in [0, 0.05) is 10.6 Å². The molecule has 94 valence electrons. The maximum Gasteiger partial charge on any atom is 0.247 e. The van der Waals surface area contributed by atoms with E-state index in [1.165, 1.54) is 0 Å². The number of carbonyl (C=O) groups is 1. The summed E-state index contributed by atoms with van der Waals surface area (Å²) in [6, 6.07) is 6.09. The minimum Gasteiger partial charge on any atom is -0.289 e. The van der Waals surface area contributed by atoms with Crippen molar-refractivity contribution in [3.8, 4) is 0 Å². The van der Waals surface area contributed by atoms with Gasteiger partial charge in [0.05, 0.1) is 6.42 Å². The van der Waals surface area contributed by atoms with Crippen LogP contribution >= 0.6 is 11.8 Å². The van der Waals surface area contributed by atoms with Crippen LogP contribution in [0.1, 0.15) is 25.0 Å². The molecule has 1 amide bonds. The van der Waals surface area contributed by atoms with E-state index in [9.17, 15) is 4.79 Å². The van der Waals surface area contributed by atoms with Crippen molar-refractivity contribution in [1.82, 2.24) is 5.48 Å². The second-order valence-electron chi connectivity index (χ2n) is 4.53. The molecule has 1 aromatic rings. The van der Waals surface area contributed by atoms with Crippen molar-refractivity contribution in [2.45, 2.75) is 32.1 Å². The largest absolute Gasteiger partial charge is 0.289 e. The molecule has 0 fully saturated rings. The van der Waals surface area contributed by atoms with Crippen molar-refractivity contribution in [3.05, 3.63) is 29.3 Å². The monoisotopic (exact) mass is 253 g/mol. The van der Waals surface area contributed by atoms with E-state index in [4.69, 9.17) is 5.21 Å². The quantitative estimate of drug-likeness (QED) is 0.482. The van der Waals surface area contributed by atoms with Crippen LogP contribution in [0.5, 0.6) is 0 Å². The highest BCUT2D eigenvalue weighted by atomic mass is 32.2. The fourth-order valence-corrected chi connectivity index (χ4v) is 2.45. The van der Waals surface area contributed by atoms with Crippen LogP contribution in [0.15, 0.2) is 23.1 Å². The van der Waals surface area contributed by atoms with Crippen LogP contribution in [-0.4, -0.2) is 16.9 Å². The van der Waals surface area contributed by atoms with Crippen molar-refractivity contribution >= 4 is 17.7 Å². The van der Waals surface area contributed by atoms with Crippen LogP contribution in [0.4, 0.5) is 0 Å². The third-order valence-electron chi connectivity index (χ3n) is 2.26. The number of rotatable bonds is 5. The second-order valence-corrected chi connectivity index (χ2v) is 5.59. The number of thioether (sulfide) groups is 1. The molecule has 0 aliphatic rings. The molecule has 0 atom stereocenters. The molecule has 0 radical (unpaired) electrons. The van der Waals surface area contributed by atoms with Gasteiger partial charge in [-0.2, -0.15) is 0 Å². The third kappa shape index (κ3) is 4.79. The van der Waals surface area contributed by atoms with Crippen LogP contribution in [0.2, 0.25) is 0 Å². The third-order valence-corrected chi connectivity index (χ3v) is 3.81. The molecule has 2 N–H and O–H groups in total. The summed E-state index contributed by atoms with van der Waals surface area (Å²) in [7, 11) is 0. The lowest BCUT2D eigenvalue weighted by Crippen LogP contribution is -2.21. The van der Waals surface area contributed by atoms with Crippen LogP contribution in [0.3, 0.4) is 0 Å². The summed E-state index contributed by atoms with van der Waals surface area (Å²) in [6.45, 7) is 6.33. The first-order chi connectivity index (χ1) is 8.02. The van der Waals surface area contributed by atoms with E-state index in [1.807, 2.05) is 25.1 Å². The van der Waals surface area contributed by atoms with Gasteiger partial charge >= 0.3 is 0 Å². The molecule has 0 heterocycles. The number of nitrogens with one attached hydrogen (secondary N) is 1. The topological polar surface area (TPSA) is 49.3 Å². The lowest BCUT2D eigenvalue weighted by atomic mass is 10.1. The van der Waals surface area contributed by atoms with Crippen LogP contribution in [-0.2, 0) is 11.2 Å². The van der Waals surface area contributed by atoms with Crippen LogP contribution in [0.25, 0.3) is 0 Å². The summed E-state index contributed by atoms with van der Waals surface area (Å²) in [6.07, 6.45) is 0.221. The van der Waals surface area contributed by atoms with Crippen molar-refractivity contribution in [2.75, 3.05) is 5.75 Å². The Morgan fingerprint density at radius 1 is 1.47 bits per heavy atom. The maximum atomic E-state index is 11.2. The highest BCUT2D eigenvalue weighted by Crippen LogP contribution is 2.26. The van der Waals surface area contributed by atoms with Crippen LogP contribution < -0.4 is 5.48 Å². The maximum absolute atomic E-state index is 11.2. The van der Waals surface area contributed by atoms with Gasteiger partial charge in [0.2, 0.25) is 5.91 Å². The van der Waals surface area contributed by atoms with Gasteiger partial charge in [-0.05, 0) is 24.5 Å². The van der Waals surface area contributed by atoms with E-state index in [1.54, 1.807) is 17.2 Å². The Morgan fingerprint density at radius 2 is 2.18 bits per heavy atom. The zero-order valence-electron chi connectivity index (χ0n) is 10.5. The predicted octanol–water partition coefficient (Wildman–Crippen LogP) is 2.79. The minimum atomic E-state index is -0.373. The number of benzene rings is 1. The first kappa shape index (κ1) is 14.1. The van der Waals surface area contributed by atoms with E-state index in [0.717, 1.165) is 21.8 Å². The molecule has 17 heavy (non-hydrogen) atoms. The number of carbonyl (C=O) groups excluding carboxylic acids is 1. The SMILES string of the molecule is Cc1ccc(SCC(C)C)c(CC(=O)NO)c1. The molecule has 0 aliphatic carbocycles. The molecule has 4 heteroatoms. The summed E-state index contributed by atoms with van der Waals surface area (Å²) in [5.74, 6) is 1.26. The van der Waals surface area contributed by atoms with Gasteiger partial charge in [-0.1, -0.05) is 31.5 Å². The summed E-state index contributed by atoms with van der Waals surface area (Å²) in [4.78, 5) is 12.3. The van der Waals surface area contributed by atoms with Crippen molar-refractivity contribution in [3.63, 3.8) is 0 Å². The normalized spacial score (nSPS) is 10.6. The molecule has 0 saturated heterocycles. The molecule has 1 aromatic carbocycles. The van der Waals surface area contributed by atoms with E-state index < -0.39 is 0 Å². The van der Waals surface area contributed by atoms with Crippen LogP contribution in [0, 0.1) is 12.8 Å². The van der Waals surface area contributed by atoms with E-state index in [0.29, 0.717) is 5.92 Å². The van der Waals surface area contributed by atoms with E-state index in [-0.39, 0.29) is 12.3 Å². The Kier molecular flexibility index (Phi) is 5.51. The van der Waals surface area contributed by atoms with E-state index in [2.05, 4.69) is 13.8 Å². The van der Waals surface area contributed by atoms with Gasteiger partial charge in [-0.15, -0.1) is 11.8 Å². The Morgan fingerprint density at radius 3 is 2.76 bits per heavy atom. The highest BCUT2D eigenvalue weighted by molar-refractivity contribution is 7.99. The molecular weight excluding hydrogens is 234 g/mol. The summed E-state index contributed by atoms with van der Waals surface area (Å²) >= 11 is 1.75. The Hall–Kier alpha value is -1.00. The van der Waals surface area contributed by atoms with Gasteiger partial charge in [0.15, 0.2) is 0 Å². The molecule has 0 spiro atoms.